The van der Waals surface area contributed by atoms with E-state index in [2.05, 4.69) is 62.1 Å². The molecule has 14 heavy (non-hydrogen) atoms. The van der Waals surface area contributed by atoms with Gasteiger partial charge in [0.05, 0.1) is 12.5 Å². The monoisotopic (exact) mass is 377 g/mol. The highest BCUT2D eigenvalue weighted by molar-refractivity contribution is 14.1. The fourth-order valence-electron chi connectivity index (χ4n) is 1.37. The molecule has 0 aliphatic heterocycles. The third kappa shape index (κ3) is 1.69. The van der Waals surface area contributed by atoms with Crippen LogP contribution >= 0.6 is 49.9 Å². The van der Waals surface area contributed by atoms with E-state index in [9.17, 15) is 0 Å². The number of nitriles is 1. The predicted octanol–water partition coefficient (Wildman–Crippen LogP) is 4.33. The molecule has 2 aromatic rings. The minimum absolute atomic E-state index is 0.477. The van der Waals surface area contributed by atoms with Gasteiger partial charge in [-0.3, -0.25) is 0 Å². The zero-order valence-electron chi connectivity index (χ0n) is 7.05. The number of hydrogen-bond donors (Lipinski definition) is 0. The Kier molecular flexibility index (Phi) is 3.10. The summed E-state index contributed by atoms with van der Waals surface area (Å²) in [7, 11) is 0. The summed E-state index contributed by atoms with van der Waals surface area (Å²) in [6.07, 6.45) is 0.477. The molecule has 0 saturated heterocycles. The van der Waals surface area contributed by atoms with Gasteiger partial charge in [-0.15, -0.1) is 11.3 Å². The summed E-state index contributed by atoms with van der Waals surface area (Å²) in [4.78, 5) is 0. The van der Waals surface area contributed by atoms with Gasteiger partial charge in [0.25, 0.3) is 0 Å². The molecular weight excluding hydrogens is 373 g/mol. The molecule has 1 aromatic heterocycles. The summed E-state index contributed by atoms with van der Waals surface area (Å²) in [6.45, 7) is 0. The number of thiophene rings is 1. The number of rotatable bonds is 1. The van der Waals surface area contributed by atoms with E-state index in [-0.39, 0.29) is 0 Å². The molecule has 70 valence electrons. The van der Waals surface area contributed by atoms with Crippen molar-refractivity contribution in [3.8, 4) is 6.07 Å². The maximum atomic E-state index is 8.77. The minimum Gasteiger partial charge on any atom is -0.198 e. The van der Waals surface area contributed by atoms with Crippen LogP contribution in [0.15, 0.2) is 22.0 Å². The van der Waals surface area contributed by atoms with E-state index >= 15 is 0 Å². The first-order valence-corrected chi connectivity index (χ1v) is 6.70. The summed E-state index contributed by atoms with van der Waals surface area (Å²) in [5.41, 5.74) is 1.14. The van der Waals surface area contributed by atoms with Crippen molar-refractivity contribution in [2.45, 2.75) is 6.42 Å². The molecule has 4 heteroatoms. The van der Waals surface area contributed by atoms with Crippen molar-refractivity contribution in [3.63, 3.8) is 0 Å². The van der Waals surface area contributed by atoms with Gasteiger partial charge in [0.2, 0.25) is 0 Å². The van der Waals surface area contributed by atoms with Crippen LogP contribution in [-0.4, -0.2) is 0 Å². The van der Waals surface area contributed by atoms with Gasteiger partial charge in [-0.1, -0.05) is 0 Å². The molecular formula is C10H5BrINS. The molecule has 1 nitrogen and oxygen atoms in total. The van der Waals surface area contributed by atoms with Crippen LogP contribution in [-0.2, 0) is 6.42 Å². The molecule has 0 aliphatic rings. The number of hydrogen-bond acceptors (Lipinski definition) is 2. The molecule has 0 spiro atoms. The molecule has 0 atom stereocenters. The average molecular weight is 378 g/mol. The first-order valence-electron chi connectivity index (χ1n) is 3.95. The summed E-state index contributed by atoms with van der Waals surface area (Å²) >= 11 is 7.50. The van der Waals surface area contributed by atoms with E-state index in [1.54, 1.807) is 11.3 Å². The lowest BCUT2D eigenvalue weighted by Crippen LogP contribution is -1.89. The highest BCUT2D eigenvalue weighted by Gasteiger charge is 2.10. The molecule has 1 aromatic carbocycles. The van der Waals surface area contributed by atoms with E-state index in [0.717, 1.165) is 13.6 Å². The van der Waals surface area contributed by atoms with Gasteiger partial charge in [0, 0.05) is 12.7 Å². The molecule has 0 bridgehead atoms. The largest absolute Gasteiger partial charge is 0.198 e. The van der Waals surface area contributed by atoms with Crippen molar-refractivity contribution in [2.75, 3.05) is 0 Å². The van der Waals surface area contributed by atoms with Gasteiger partial charge in [-0.2, -0.15) is 5.26 Å². The number of halogens is 2. The summed E-state index contributed by atoms with van der Waals surface area (Å²) in [5.74, 6) is 0. The van der Waals surface area contributed by atoms with Gasteiger partial charge < -0.3 is 0 Å². The Morgan fingerprint density at radius 3 is 3.07 bits per heavy atom. The Bertz CT molecular complexity index is 527. The first-order chi connectivity index (χ1) is 6.74. The molecule has 0 saturated carbocycles. The smallest absolute Gasteiger partial charge is 0.0670 e. The Morgan fingerprint density at radius 1 is 1.57 bits per heavy atom. The lowest BCUT2D eigenvalue weighted by atomic mass is 10.1. The van der Waals surface area contributed by atoms with Crippen LogP contribution in [0.4, 0.5) is 0 Å². The van der Waals surface area contributed by atoms with Crippen molar-refractivity contribution in [2.24, 2.45) is 0 Å². The van der Waals surface area contributed by atoms with Gasteiger partial charge in [0.1, 0.15) is 0 Å². The van der Waals surface area contributed by atoms with Crippen molar-refractivity contribution >= 4 is 59.9 Å². The van der Waals surface area contributed by atoms with Gasteiger partial charge in [-0.25, -0.2) is 0 Å². The third-order valence-corrected chi connectivity index (χ3v) is 5.47. The third-order valence-electron chi connectivity index (χ3n) is 2.01. The zero-order chi connectivity index (χ0) is 10.1. The van der Waals surface area contributed by atoms with Crippen LogP contribution in [0.5, 0.6) is 0 Å². The van der Waals surface area contributed by atoms with Crippen molar-refractivity contribution in [3.05, 3.63) is 31.1 Å². The Labute approximate surface area is 108 Å². The van der Waals surface area contributed by atoms with Crippen LogP contribution in [0.1, 0.15) is 5.56 Å². The Morgan fingerprint density at radius 2 is 2.36 bits per heavy atom. The van der Waals surface area contributed by atoms with Gasteiger partial charge in [0.15, 0.2) is 0 Å². The average Bonchev–Trinajstić information content (AvgIpc) is 2.60. The van der Waals surface area contributed by atoms with E-state index < -0.39 is 0 Å². The summed E-state index contributed by atoms with van der Waals surface area (Å²) < 4.78 is 3.47. The topological polar surface area (TPSA) is 23.8 Å². The second kappa shape index (κ2) is 4.17. The van der Waals surface area contributed by atoms with E-state index in [1.807, 2.05) is 0 Å². The van der Waals surface area contributed by atoms with Crippen LogP contribution in [0, 0.1) is 14.9 Å². The molecule has 0 unspecified atom stereocenters. The number of fused-ring (bicyclic) bond motifs is 1. The highest BCUT2D eigenvalue weighted by Crippen LogP contribution is 2.33. The van der Waals surface area contributed by atoms with Crippen molar-refractivity contribution in [1.29, 1.82) is 5.26 Å². The molecule has 1 heterocycles. The molecule has 0 fully saturated rings. The molecule has 0 radical (unpaired) electrons. The fraction of sp³-hybridized carbons (Fsp3) is 0.100. The minimum atomic E-state index is 0.477. The standard InChI is InChI=1S/C10H5BrINS/c11-8-5-9-6(2-4-14-9)7(1-3-13)10(8)12/h2,4-5H,1H2. The van der Waals surface area contributed by atoms with Crippen molar-refractivity contribution < 1.29 is 0 Å². The first kappa shape index (κ1) is 10.4. The van der Waals surface area contributed by atoms with Gasteiger partial charge >= 0.3 is 0 Å². The van der Waals surface area contributed by atoms with Crippen LogP contribution in [0.25, 0.3) is 10.1 Å². The van der Waals surface area contributed by atoms with Crippen LogP contribution < -0.4 is 0 Å². The maximum absolute atomic E-state index is 8.77. The number of benzene rings is 1. The Hall–Kier alpha value is -0.120. The quantitative estimate of drug-likeness (QED) is 0.678. The van der Waals surface area contributed by atoms with Crippen LogP contribution in [0.3, 0.4) is 0 Å². The second-order valence-corrected chi connectivity index (χ2v) is 5.70. The number of nitrogens with zero attached hydrogens (tertiary/aromatic N) is 1. The van der Waals surface area contributed by atoms with E-state index in [1.165, 1.54) is 10.1 Å². The summed E-state index contributed by atoms with van der Waals surface area (Å²) in [5, 5.41) is 12.0. The molecule has 0 N–H and O–H groups in total. The van der Waals surface area contributed by atoms with Crippen molar-refractivity contribution in [1.82, 2.24) is 0 Å². The normalized spacial score (nSPS) is 10.4. The maximum Gasteiger partial charge on any atom is 0.0670 e. The Balaban J connectivity index is 2.81. The zero-order valence-corrected chi connectivity index (χ0v) is 11.6. The lowest BCUT2D eigenvalue weighted by Gasteiger charge is -2.04. The SMILES string of the molecule is N#CCc1c(I)c(Br)cc2sccc12. The molecule has 0 aliphatic carbocycles. The fourth-order valence-corrected chi connectivity index (χ4v) is 3.49. The van der Waals surface area contributed by atoms with Crippen LogP contribution in [0.2, 0.25) is 0 Å². The predicted molar refractivity (Wildman–Crippen MR) is 71.6 cm³/mol. The molecule has 2 rings (SSSR count). The highest BCUT2D eigenvalue weighted by atomic mass is 127. The van der Waals surface area contributed by atoms with Gasteiger partial charge in [-0.05, 0) is 67.0 Å². The lowest BCUT2D eigenvalue weighted by molar-refractivity contribution is 1.27. The second-order valence-electron chi connectivity index (χ2n) is 2.82. The molecule has 0 amide bonds. The summed E-state index contributed by atoms with van der Waals surface area (Å²) in [6, 6.07) is 6.41. The van der Waals surface area contributed by atoms with E-state index in [4.69, 9.17) is 5.26 Å². The van der Waals surface area contributed by atoms with E-state index in [0.29, 0.717) is 6.42 Å².